The fourth-order valence-corrected chi connectivity index (χ4v) is 4.54. The molecule has 1 aliphatic heterocycles. The molecule has 1 heterocycles. The van der Waals surface area contributed by atoms with Crippen LogP contribution in [0, 0.1) is 5.92 Å². The number of methoxy groups -OCH3 is 2. The van der Waals surface area contributed by atoms with Crippen molar-refractivity contribution in [2.45, 2.75) is 51.6 Å². The Balaban J connectivity index is 1.72. The molecule has 0 spiro atoms. The fourth-order valence-electron chi connectivity index (χ4n) is 4.54. The molecule has 0 aliphatic carbocycles. The van der Waals surface area contributed by atoms with Gasteiger partial charge in [0.05, 0.1) is 32.4 Å². The Morgan fingerprint density at radius 3 is 2.52 bits per heavy atom. The van der Waals surface area contributed by atoms with E-state index >= 15 is 0 Å². The van der Waals surface area contributed by atoms with Crippen LogP contribution in [0.3, 0.4) is 0 Å². The molecule has 11 heteroatoms. The van der Waals surface area contributed by atoms with Gasteiger partial charge in [-0.1, -0.05) is 32.0 Å². The molecule has 0 bridgehead atoms. The number of nitrogens with zero attached hydrogens (tertiary/aromatic N) is 1. The third kappa shape index (κ3) is 9.12. The van der Waals surface area contributed by atoms with Crippen LogP contribution in [0.25, 0.3) is 0 Å². The van der Waals surface area contributed by atoms with E-state index in [1.807, 2.05) is 32.0 Å². The first kappa shape index (κ1) is 32.2. The molecule has 0 aromatic heterocycles. The van der Waals surface area contributed by atoms with Crippen LogP contribution in [-0.4, -0.2) is 81.6 Å². The summed E-state index contributed by atoms with van der Waals surface area (Å²) in [5.41, 5.74) is 1.29. The minimum absolute atomic E-state index is 0.0282. The van der Waals surface area contributed by atoms with E-state index in [1.54, 1.807) is 45.5 Å². The van der Waals surface area contributed by atoms with E-state index < -0.39 is 17.9 Å². The van der Waals surface area contributed by atoms with Crippen molar-refractivity contribution in [3.63, 3.8) is 0 Å². The maximum atomic E-state index is 13.3. The van der Waals surface area contributed by atoms with E-state index in [9.17, 15) is 19.2 Å². The Morgan fingerprint density at radius 1 is 1.07 bits per heavy atom. The minimum Gasteiger partial charge on any atom is -0.493 e. The molecule has 0 radical (unpaired) electrons. The Bertz CT molecular complexity index is 1250. The molecule has 11 nitrogen and oxygen atoms in total. The lowest BCUT2D eigenvalue weighted by atomic mass is 10.1. The molecule has 2 atom stereocenters. The van der Waals surface area contributed by atoms with Crippen molar-refractivity contribution in [2.75, 3.05) is 41.0 Å². The number of hydrogen-bond donors (Lipinski definition) is 3. The SMILES string of the molecule is COc1ccc(CCCNC(=O)[C@@H]2CCC(=O)N(C)CC(=O)N[C@H](C(C)C)COc3ccccc3C(=O)N2)cc1OC. The molecule has 0 saturated carbocycles. The number of likely N-dealkylation sites (N-methyl/N-ethyl adjacent to an activating group) is 1. The standard InChI is InChI=1S/C31H42N4O7/c1-20(2)24-19-42-25-11-7-6-10-22(25)30(38)34-23(13-15-29(37)35(3)18-28(36)33-24)31(39)32-16-8-9-21-12-14-26(40-4)27(17-21)41-5/h6-7,10-12,14,17,20,23-24H,8-9,13,15-16,18-19H2,1-5H3,(H,32,39)(H,33,36)(H,34,38)/t23-,24-/m0/s1. The average molecular weight is 583 g/mol. The second kappa shape index (κ2) is 15.6. The number of nitrogens with one attached hydrogen (secondary N) is 3. The van der Waals surface area contributed by atoms with Gasteiger partial charge in [-0.3, -0.25) is 19.2 Å². The molecular weight excluding hydrogens is 540 g/mol. The molecule has 0 unspecified atom stereocenters. The summed E-state index contributed by atoms with van der Waals surface area (Å²) in [5.74, 6) is 0.157. The number of rotatable bonds is 8. The molecule has 2 aromatic carbocycles. The Labute approximate surface area is 247 Å². The van der Waals surface area contributed by atoms with E-state index in [0.717, 1.165) is 5.56 Å². The highest BCUT2D eigenvalue weighted by molar-refractivity contribution is 5.99. The van der Waals surface area contributed by atoms with Crippen molar-refractivity contribution in [1.29, 1.82) is 0 Å². The number of carbonyl (C=O) groups is 4. The molecule has 1 aliphatic rings. The van der Waals surface area contributed by atoms with Gasteiger partial charge in [0.2, 0.25) is 17.7 Å². The molecule has 2 aromatic rings. The highest BCUT2D eigenvalue weighted by Gasteiger charge is 2.26. The van der Waals surface area contributed by atoms with Gasteiger partial charge in [-0.2, -0.15) is 0 Å². The maximum Gasteiger partial charge on any atom is 0.255 e. The van der Waals surface area contributed by atoms with E-state index in [0.29, 0.717) is 36.6 Å². The van der Waals surface area contributed by atoms with Crippen LogP contribution in [0.15, 0.2) is 42.5 Å². The molecule has 42 heavy (non-hydrogen) atoms. The lowest BCUT2D eigenvalue weighted by Gasteiger charge is -2.24. The number of carbonyl (C=O) groups excluding carboxylic acids is 4. The van der Waals surface area contributed by atoms with Crippen molar-refractivity contribution in [3.8, 4) is 17.2 Å². The van der Waals surface area contributed by atoms with E-state index in [1.165, 1.54) is 4.90 Å². The molecule has 0 fully saturated rings. The van der Waals surface area contributed by atoms with Crippen molar-refractivity contribution >= 4 is 23.6 Å². The number of aryl methyl sites for hydroxylation is 1. The number of ether oxygens (including phenoxy) is 3. The first-order valence-electron chi connectivity index (χ1n) is 14.2. The summed E-state index contributed by atoms with van der Waals surface area (Å²) >= 11 is 0. The van der Waals surface area contributed by atoms with Crippen LogP contribution in [0.4, 0.5) is 0 Å². The summed E-state index contributed by atoms with van der Waals surface area (Å²) in [6.45, 7) is 4.28. The molecule has 3 rings (SSSR count). The van der Waals surface area contributed by atoms with Gasteiger partial charge in [0.25, 0.3) is 5.91 Å². The summed E-state index contributed by atoms with van der Waals surface area (Å²) in [4.78, 5) is 53.4. The van der Waals surface area contributed by atoms with Gasteiger partial charge in [-0.15, -0.1) is 0 Å². The number of amides is 4. The fraction of sp³-hybridized carbons (Fsp3) is 0.484. The van der Waals surface area contributed by atoms with E-state index in [2.05, 4.69) is 16.0 Å². The summed E-state index contributed by atoms with van der Waals surface area (Å²) < 4.78 is 16.6. The lowest BCUT2D eigenvalue weighted by Crippen LogP contribution is -2.48. The average Bonchev–Trinajstić information content (AvgIpc) is 2.98. The van der Waals surface area contributed by atoms with Crippen LogP contribution >= 0.6 is 0 Å². The zero-order valence-corrected chi connectivity index (χ0v) is 25.0. The molecule has 4 amide bonds. The van der Waals surface area contributed by atoms with E-state index in [4.69, 9.17) is 14.2 Å². The molecule has 3 N–H and O–H groups in total. The van der Waals surface area contributed by atoms with Crippen LogP contribution in [0.1, 0.15) is 49.0 Å². The predicted molar refractivity (Wildman–Crippen MR) is 158 cm³/mol. The predicted octanol–water partition coefficient (Wildman–Crippen LogP) is 2.32. The van der Waals surface area contributed by atoms with Crippen LogP contribution in [0.5, 0.6) is 17.2 Å². The summed E-state index contributed by atoms with van der Waals surface area (Å²) in [6, 6.07) is 11.1. The number of hydrogen-bond acceptors (Lipinski definition) is 7. The molecule has 0 saturated heterocycles. The minimum atomic E-state index is -0.966. The number of para-hydroxylation sites is 1. The first-order valence-corrected chi connectivity index (χ1v) is 14.2. The van der Waals surface area contributed by atoms with Crippen LogP contribution in [-0.2, 0) is 20.8 Å². The van der Waals surface area contributed by atoms with Crippen LogP contribution in [0.2, 0.25) is 0 Å². The quantitative estimate of drug-likeness (QED) is 0.407. The first-order chi connectivity index (χ1) is 20.1. The second-order valence-electron chi connectivity index (χ2n) is 10.6. The largest absolute Gasteiger partial charge is 0.493 e. The van der Waals surface area contributed by atoms with Gasteiger partial charge in [0.15, 0.2) is 11.5 Å². The highest BCUT2D eigenvalue weighted by Crippen LogP contribution is 2.28. The van der Waals surface area contributed by atoms with Gasteiger partial charge >= 0.3 is 0 Å². The van der Waals surface area contributed by atoms with Crippen molar-refractivity contribution < 1.29 is 33.4 Å². The van der Waals surface area contributed by atoms with Gasteiger partial charge in [0.1, 0.15) is 18.4 Å². The third-order valence-electron chi connectivity index (χ3n) is 7.17. The van der Waals surface area contributed by atoms with Gasteiger partial charge < -0.3 is 35.1 Å². The maximum absolute atomic E-state index is 13.3. The molecular formula is C31H42N4O7. The Hall–Kier alpha value is -4.28. The third-order valence-corrected chi connectivity index (χ3v) is 7.17. The Morgan fingerprint density at radius 2 is 1.81 bits per heavy atom. The second-order valence-corrected chi connectivity index (χ2v) is 10.6. The van der Waals surface area contributed by atoms with Crippen molar-refractivity contribution in [1.82, 2.24) is 20.9 Å². The Kier molecular flexibility index (Phi) is 12.0. The van der Waals surface area contributed by atoms with Gasteiger partial charge in [-0.25, -0.2) is 0 Å². The zero-order valence-electron chi connectivity index (χ0n) is 25.0. The van der Waals surface area contributed by atoms with E-state index in [-0.39, 0.29) is 55.3 Å². The summed E-state index contributed by atoms with van der Waals surface area (Å²) in [6.07, 6.45) is 1.37. The van der Waals surface area contributed by atoms with Crippen molar-refractivity contribution in [3.05, 3.63) is 53.6 Å². The summed E-state index contributed by atoms with van der Waals surface area (Å²) in [7, 11) is 4.70. The zero-order chi connectivity index (χ0) is 30.6. The molecule has 228 valence electrons. The van der Waals surface area contributed by atoms with Gasteiger partial charge in [-0.05, 0) is 55.0 Å². The highest BCUT2D eigenvalue weighted by atomic mass is 16.5. The topological polar surface area (TPSA) is 135 Å². The van der Waals surface area contributed by atoms with Crippen molar-refractivity contribution in [2.24, 2.45) is 5.92 Å². The number of fused-ring (bicyclic) bond motifs is 1. The lowest BCUT2D eigenvalue weighted by molar-refractivity contribution is -0.135. The van der Waals surface area contributed by atoms with Gasteiger partial charge in [0, 0.05) is 20.0 Å². The summed E-state index contributed by atoms with van der Waals surface area (Å²) in [5, 5.41) is 8.60. The smallest absolute Gasteiger partial charge is 0.255 e. The normalized spacial score (nSPS) is 18.5. The van der Waals surface area contributed by atoms with Crippen LogP contribution < -0.4 is 30.2 Å². The number of benzene rings is 2. The monoisotopic (exact) mass is 582 g/mol.